The molecule has 21 heavy (non-hydrogen) atoms. The van der Waals surface area contributed by atoms with Gasteiger partial charge in [-0.2, -0.15) is 11.8 Å². The maximum atomic E-state index is 5.72. The highest BCUT2D eigenvalue weighted by molar-refractivity contribution is 7.98. The third-order valence-corrected chi connectivity index (χ3v) is 3.56. The predicted molar refractivity (Wildman–Crippen MR) is 93.4 cm³/mol. The summed E-state index contributed by atoms with van der Waals surface area (Å²) in [5, 5.41) is 6.60. The van der Waals surface area contributed by atoms with Crippen molar-refractivity contribution < 1.29 is 4.74 Å². The van der Waals surface area contributed by atoms with Crippen molar-refractivity contribution in [3.05, 3.63) is 29.8 Å². The Kier molecular flexibility index (Phi) is 9.53. The van der Waals surface area contributed by atoms with E-state index in [1.54, 1.807) is 7.05 Å². The Labute approximate surface area is 132 Å². The maximum Gasteiger partial charge on any atom is 0.191 e. The third kappa shape index (κ3) is 7.85. The first kappa shape index (κ1) is 17.7. The van der Waals surface area contributed by atoms with Gasteiger partial charge in [-0.3, -0.25) is 4.99 Å². The summed E-state index contributed by atoms with van der Waals surface area (Å²) >= 11 is 1.82. The van der Waals surface area contributed by atoms with Gasteiger partial charge in [0.15, 0.2) is 5.96 Å². The summed E-state index contributed by atoms with van der Waals surface area (Å²) in [4.78, 5) is 4.21. The van der Waals surface area contributed by atoms with Gasteiger partial charge in [-0.15, -0.1) is 0 Å². The van der Waals surface area contributed by atoms with E-state index in [9.17, 15) is 0 Å². The third-order valence-electron chi connectivity index (χ3n) is 2.95. The minimum atomic E-state index is 0.740. The quantitative estimate of drug-likeness (QED) is 0.418. The fraction of sp³-hybridized carbons (Fsp3) is 0.562. The number of benzene rings is 1. The molecule has 0 aliphatic rings. The summed E-state index contributed by atoms with van der Waals surface area (Å²) in [6, 6.07) is 8.21. The van der Waals surface area contributed by atoms with Gasteiger partial charge in [0, 0.05) is 25.9 Å². The van der Waals surface area contributed by atoms with Gasteiger partial charge in [0.25, 0.3) is 0 Å². The second-order valence-electron chi connectivity index (χ2n) is 4.69. The number of thioether (sulfide) groups is 1. The van der Waals surface area contributed by atoms with Crippen LogP contribution < -0.4 is 15.4 Å². The fourth-order valence-electron chi connectivity index (χ4n) is 1.76. The molecule has 0 amide bonds. The molecule has 0 radical (unpaired) electrons. The number of unbranched alkanes of at least 4 members (excludes halogenated alkanes) is 1. The van der Waals surface area contributed by atoms with Crippen LogP contribution in [0.25, 0.3) is 0 Å². The molecule has 0 atom stereocenters. The number of hydrogen-bond donors (Lipinski definition) is 2. The second-order valence-corrected chi connectivity index (χ2v) is 5.68. The summed E-state index contributed by atoms with van der Waals surface area (Å²) in [6.45, 7) is 4.61. The molecule has 0 saturated heterocycles. The Hall–Kier alpha value is -1.36. The van der Waals surface area contributed by atoms with Crippen molar-refractivity contribution >= 4 is 17.7 Å². The molecule has 1 aromatic carbocycles. The number of nitrogens with zero attached hydrogens (tertiary/aromatic N) is 1. The zero-order valence-electron chi connectivity index (χ0n) is 13.3. The molecule has 0 spiro atoms. The van der Waals surface area contributed by atoms with Gasteiger partial charge >= 0.3 is 0 Å². The number of aliphatic imine (C=N–C) groups is 1. The van der Waals surface area contributed by atoms with Crippen molar-refractivity contribution in [3.63, 3.8) is 0 Å². The van der Waals surface area contributed by atoms with Gasteiger partial charge in [-0.1, -0.05) is 25.5 Å². The monoisotopic (exact) mass is 309 g/mol. The lowest BCUT2D eigenvalue weighted by Gasteiger charge is -2.12. The van der Waals surface area contributed by atoms with Crippen molar-refractivity contribution in [3.8, 4) is 5.75 Å². The molecule has 0 aromatic heterocycles. The van der Waals surface area contributed by atoms with Crippen LogP contribution in [0.2, 0.25) is 0 Å². The zero-order chi connectivity index (χ0) is 15.3. The first-order valence-corrected chi connectivity index (χ1v) is 8.84. The van der Waals surface area contributed by atoms with Crippen LogP contribution in [0.4, 0.5) is 0 Å². The number of rotatable bonds is 9. The molecule has 1 rings (SSSR count). The highest BCUT2D eigenvalue weighted by Crippen LogP contribution is 2.13. The van der Waals surface area contributed by atoms with E-state index in [-0.39, 0.29) is 0 Å². The van der Waals surface area contributed by atoms with E-state index in [2.05, 4.69) is 40.9 Å². The van der Waals surface area contributed by atoms with E-state index in [0.29, 0.717) is 0 Å². The average Bonchev–Trinajstić information content (AvgIpc) is 2.51. The van der Waals surface area contributed by atoms with Crippen LogP contribution in [0.1, 0.15) is 25.3 Å². The molecule has 0 heterocycles. The van der Waals surface area contributed by atoms with Gasteiger partial charge in [0.05, 0.1) is 6.61 Å². The summed E-state index contributed by atoms with van der Waals surface area (Å²) in [5.74, 6) is 2.84. The summed E-state index contributed by atoms with van der Waals surface area (Å²) in [6.07, 6.45) is 4.34. The van der Waals surface area contributed by atoms with Crippen molar-refractivity contribution in [2.24, 2.45) is 4.99 Å². The highest BCUT2D eigenvalue weighted by Gasteiger charge is 2.00. The van der Waals surface area contributed by atoms with Crippen LogP contribution in [0.5, 0.6) is 5.75 Å². The van der Waals surface area contributed by atoms with Crippen molar-refractivity contribution in [2.75, 3.05) is 32.2 Å². The molecule has 2 N–H and O–H groups in total. The average molecular weight is 309 g/mol. The minimum absolute atomic E-state index is 0.740. The fourth-order valence-corrected chi connectivity index (χ4v) is 2.06. The molecular formula is C16H27N3OS. The summed E-state index contributed by atoms with van der Waals surface area (Å²) in [7, 11) is 1.79. The largest absolute Gasteiger partial charge is 0.494 e. The summed E-state index contributed by atoms with van der Waals surface area (Å²) in [5.41, 5.74) is 1.19. The second kappa shape index (κ2) is 11.3. The molecule has 4 nitrogen and oxygen atoms in total. The van der Waals surface area contributed by atoms with E-state index in [4.69, 9.17) is 4.74 Å². The molecule has 0 fully saturated rings. The maximum absolute atomic E-state index is 5.72. The summed E-state index contributed by atoms with van der Waals surface area (Å²) < 4.78 is 5.72. The predicted octanol–water partition coefficient (Wildman–Crippen LogP) is 2.89. The molecule has 0 aliphatic heterocycles. The van der Waals surface area contributed by atoms with Crippen LogP contribution in [0.3, 0.4) is 0 Å². The van der Waals surface area contributed by atoms with Crippen molar-refractivity contribution in [1.82, 2.24) is 10.6 Å². The van der Waals surface area contributed by atoms with E-state index in [1.165, 1.54) is 5.56 Å². The van der Waals surface area contributed by atoms with Gasteiger partial charge in [-0.25, -0.2) is 0 Å². The van der Waals surface area contributed by atoms with Gasteiger partial charge in [0.2, 0.25) is 0 Å². The number of nitrogens with one attached hydrogen (secondary N) is 2. The first-order chi connectivity index (χ1) is 10.3. The lowest BCUT2D eigenvalue weighted by Crippen LogP contribution is -2.37. The van der Waals surface area contributed by atoms with Crippen LogP contribution in [-0.4, -0.2) is 38.2 Å². The van der Waals surface area contributed by atoms with E-state index in [1.807, 2.05) is 23.9 Å². The highest BCUT2D eigenvalue weighted by atomic mass is 32.2. The van der Waals surface area contributed by atoms with Gasteiger partial charge in [-0.05, 0) is 30.4 Å². The normalized spacial score (nSPS) is 11.3. The molecule has 0 unspecified atom stereocenters. The number of guanidine groups is 1. The van der Waals surface area contributed by atoms with E-state index < -0.39 is 0 Å². The standard InChI is InChI=1S/C16H27N3OS/c1-4-5-10-20-15-8-6-7-14(12-15)13-19-16(17-2)18-9-11-21-3/h6-8,12H,4-5,9-11,13H2,1-3H3,(H2,17,18,19). The number of ether oxygens (including phenoxy) is 1. The molecular weight excluding hydrogens is 282 g/mol. The lowest BCUT2D eigenvalue weighted by atomic mass is 10.2. The molecule has 0 aliphatic carbocycles. The smallest absolute Gasteiger partial charge is 0.191 e. The van der Waals surface area contributed by atoms with Crippen LogP contribution >= 0.6 is 11.8 Å². The lowest BCUT2D eigenvalue weighted by molar-refractivity contribution is 0.309. The van der Waals surface area contributed by atoms with Gasteiger partial charge < -0.3 is 15.4 Å². The molecule has 5 heteroatoms. The van der Waals surface area contributed by atoms with E-state index >= 15 is 0 Å². The van der Waals surface area contributed by atoms with Crippen LogP contribution in [0, 0.1) is 0 Å². The van der Waals surface area contributed by atoms with E-state index in [0.717, 1.165) is 50.0 Å². The first-order valence-electron chi connectivity index (χ1n) is 7.45. The topological polar surface area (TPSA) is 45.6 Å². The Morgan fingerprint density at radius 3 is 2.90 bits per heavy atom. The van der Waals surface area contributed by atoms with Crippen LogP contribution in [-0.2, 0) is 6.54 Å². The Morgan fingerprint density at radius 2 is 2.19 bits per heavy atom. The Morgan fingerprint density at radius 1 is 1.33 bits per heavy atom. The molecule has 118 valence electrons. The van der Waals surface area contributed by atoms with Crippen molar-refractivity contribution in [1.29, 1.82) is 0 Å². The SMILES string of the molecule is CCCCOc1cccc(CNC(=NC)NCCSC)c1. The molecule has 1 aromatic rings. The zero-order valence-corrected chi connectivity index (χ0v) is 14.1. The molecule has 0 saturated carbocycles. The Bertz CT molecular complexity index is 424. The van der Waals surface area contributed by atoms with Crippen molar-refractivity contribution in [2.45, 2.75) is 26.3 Å². The molecule has 0 bridgehead atoms. The van der Waals surface area contributed by atoms with Gasteiger partial charge in [0.1, 0.15) is 5.75 Å². The van der Waals surface area contributed by atoms with Crippen LogP contribution in [0.15, 0.2) is 29.3 Å². The Balaban J connectivity index is 2.41. The number of hydrogen-bond acceptors (Lipinski definition) is 3. The minimum Gasteiger partial charge on any atom is -0.494 e.